The number of nitrogens with zero attached hydrogens (tertiary/aromatic N) is 3. The van der Waals surface area contributed by atoms with Gasteiger partial charge in [-0.2, -0.15) is 9.61 Å². The van der Waals surface area contributed by atoms with E-state index in [2.05, 4.69) is 20.1 Å². The van der Waals surface area contributed by atoms with Gasteiger partial charge in [-0.05, 0) is 43.2 Å². The van der Waals surface area contributed by atoms with Crippen LogP contribution < -0.4 is 10.0 Å². The molecule has 7 nitrogen and oxygen atoms in total. The van der Waals surface area contributed by atoms with Crippen LogP contribution in [0.15, 0.2) is 35.4 Å². The van der Waals surface area contributed by atoms with Crippen molar-refractivity contribution in [2.45, 2.75) is 32.1 Å². The third kappa shape index (κ3) is 3.27. The minimum Gasteiger partial charge on any atom is -0.340 e. The van der Waals surface area contributed by atoms with Crippen molar-refractivity contribution in [3.8, 4) is 0 Å². The number of rotatable bonds is 6. The summed E-state index contributed by atoms with van der Waals surface area (Å²) in [5.74, 6) is 0.219. The van der Waals surface area contributed by atoms with Gasteiger partial charge >= 0.3 is 0 Å². The van der Waals surface area contributed by atoms with Crippen LogP contribution in [0.25, 0.3) is 5.65 Å². The molecule has 2 aromatic heterocycles. The molecule has 2 heterocycles. The van der Waals surface area contributed by atoms with Crippen LogP contribution in [0.3, 0.4) is 0 Å². The zero-order valence-corrected chi connectivity index (χ0v) is 15.6. The largest absolute Gasteiger partial charge is 0.340 e. The Hall–Kier alpha value is -2.52. The molecule has 0 unspecified atom stereocenters. The number of fused-ring (bicyclic) bond motifs is 1. The second kappa shape index (κ2) is 7.00. The van der Waals surface area contributed by atoms with E-state index in [1.807, 2.05) is 6.92 Å². The summed E-state index contributed by atoms with van der Waals surface area (Å²) in [5, 5.41) is 7.59. The quantitative estimate of drug-likeness (QED) is 0.690. The smallest absolute Gasteiger partial charge is 0.246 e. The van der Waals surface area contributed by atoms with E-state index in [1.165, 1.54) is 22.8 Å². The van der Waals surface area contributed by atoms with Crippen LogP contribution in [0.1, 0.15) is 25.1 Å². The molecule has 9 heteroatoms. The molecule has 0 aliphatic heterocycles. The first-order valence-electron chi connectivity index (χ1n) is 8.26. The second-order valence-electron chi connectivity index (χ2n) is 5.78. The minimum absolute atomic E-state index is 0.0846. The van der Waals surface area contributed by atoms with E-state index in [0.29, 0.717) is 23.6 Å². The Balaban J connectivity index is 2.16. The molecular formula is C17H20FN5O2S. The highest BCUT2D eigenvalue weighted by atomic mass is 32.2. The van der Waals surface area contributed by atoms with Gasteiger partial charge in [0.25, 0.3) is 0 Å². The summed E-state index contributed by atoms with van der Waals surface area (Å²) in [6.07, 6.45) is 1.96. The average Bonchev–Trinajstić information content (AvgIpc) is 2.98. The Morgan fingerprint density at radius 3 is 2.65 bits per heavy atom. The van der Waals surface area contributed by atoms with Crippen molar-refractivity contribution in [1.29, 1.82) is 0 Å². The molecule has 1 aromatic carbocycles. The lowest BCUT2D eigenvalue weighted by Crippen LogP contribution is -2.24. The van der Waals surface area contributed by atoms with Gasteiger partial charge in [-0.3, -0.25) is 0 Å². The summed E-state index contributed by atoms with van der Waals surface area (Å²) >= 11 is 0. The molecule has 0 bridgehead atoms. The molecule has 3 aromatic rings. The standard InChI is InChI=1S/C17H20FN5O2S/c1-4-13-16(26(24,25)20-5-2)17-19-9-8-15(23(17)22-13)21-14-7-6-12(18)10-11(14)3/h6-10,20-21H,4-5H2,1-3H3. The van der Waals surface area contributed by atoms with Gasteiger partial charge in [-0.1, -0.05) is 13.8 Å². The molecule has 0 saturated carbocycles. The number of aryl methyl sites for hydroxylation is 2. The SMILES string of the molecule is CCNS(=O)(=O)c1c(CC)nn2c(Nc3ccc(F)cc3C)ccnc12. The monoisotopic (exact) mass is 377 g/mol. The lowest BCUT2D eigenvalue weighted by molar-refractivity contribution is 0.583. The maximum atomic E-state index is 13.3. The number of anilines is 2. The van der Waals surface area contributed by atoms with E-state index in [9.17, 15) is 12.8 Å². The fraction of sp³-hybridized carbons (Fsp3) is 0.294. The minimum atomic E-state index is -3.71. The fourth-order valence-electron chi connectivity index (χ4n) is 2.74. The van der Waals surface area contributed by atoms with Gasteiger partial charge < -0.3 is 5.32 Å². The van der Waals surface area contributed by atoms with Gasteiger partial charge in [-0.25, -0.2) is 22.5 Å². The van der Waals surface area contributed by atoms with Crippen LogP contribution in [0.4, 0.5) is 15.9 Å². The van der Waals surface area contributed by atoms with Crippen molar-refractivity contribution < 1.29 is 12.8 Å². The molecule has 0 aliphatic carbocycles. The topological polar surface area (TPSA) is 88.4 Å². The first kappa shape index (κ1) is 18.3. The number of halogens is 1. The molecule has 3 rings (SSSR count). The molecule has 0 spiro atoms. The predicted octanol–water partition coefficient (Wildman–Crippen LogP) is 2.78. The highest BCUT2D eigenvalue weighted by molar-refractivity contribution is 7.89. The summed E-state index contributed by atoms with van der Waals surface area (Å²) in [5.41, 5.74) is 2.10. The zero-order valence-electron chi connectivity index (χ0n) is 14.7. The Morgan fingerprint density at radius 1 is 1.23 bits per heavy atom. The Labute approximate surface area is 151 Å². The highest BCUT2D eigenvalue weighted by Gasteiger charge is 2.26. The van der Waals surface area contributed by atoms with Crippen molar-refractivity contribution >= 4 is 27.2 Å². The molecule has 2 N–H and O–H groups in total. The van der Waals surface area contributed by atoms with Gasteiger partial charge in [0.05, 0.1) is 5.69 Å². The van der Waals surface area contributed by atoms with Gasteiger partial charge in [0, 0.05) is 18.4 Å². The zero-order chi connectivity index (χ0) is 18.9. The van der Waals surface area contributed by atoms with Crippen LogP contribution in [0.5, 0.6) is 0 Å². The van der Waals surface area contributed by atoms with E-state index in [4.69, 9.17) is 0 Å². The van der Waals surface area contributed by atoms with Crippen molar-refractivity contribution in [2.75, 3.05) is 11.9 Å². The normalized spacial score (nSPS) is 11.8. The number of benzene rings is 1. The maximum absolute atomic E-state index is 13.3. The van der Waals surface area contributed by atoms with Crippen LogP contribution in [0, 0.1) is 12.7 Å². The summed E-state index contributed by atoms with van der Waals surface area (Å²) in [6.45, 7) is 5.61. The van der Waals surface area contributed by atoms with Crippen LogP contribution in [-0.4, -0.2) is 29.6 Å². The van der Waals surface area contributed by atoms with E-state index in [1.54, 1.807) is 26.0 Å². The fourth-order valence-corrected chi connectivity index (χ4v) is 4.14. The Kier molecular flexibility index (Phi) is 4.92. The van der Waals surface area contributed by atoms with Crippen molar-refractivity contribution in [3.05, 3.63) is 47.5 Å². The summed E-state index contributed by atoms with van der Waals surface area (Å²) < 4.78 is 42.4. The Bertz CT molecular complexity index is 1060. The average molecular weight is 377 g/mol. The van der Waals surface area contributed by atoms with Gasteiger partial charge in [0.1, 0.15) is 16.5 Å². The van der Waals surface area contributed by atoms with Gasteiger partial charge in [0.2, 0.25) is 10.0 Å². The lowest BCUT2D eigenvalue weighted by Gasteiger charge is -2.11. The summed E-state index contributed by atoms with van der Waals surface area (Å²) in [7, 11) is -3.71. The number of hydrogen-bond acceptors (Lipinski definition) is 5. The van der Waals surface area contributed by atoms with Crippen LogP contribution in [-0.2, 0) is 16.4 Å². The highest BCUT2D eigenvalue weighted by Crippen LogP contribution is 2.26. The molecule has 0 radical (unpaired) electrons. The van der Waals surface area contributed by atoms with Crippen LogP contribution in [0.2, 0.25) is 0 Å². The molecule has 0 atom stereocenters. The van der Waals surface area contributed by atoms with Crippen molar-refractivity contribution in [2.24, 2.45) is 0 Å². The van der Waals surface area contributed by atoms with E-state index in [0.717, 1.165) is 5.56 Å². The molecule has 138 valence electrons. The molecular weight excluding hydrogens is 357 g/mol. The predicted molar refractivity (Wildman–Crippen MR) is 97.6 cm³/mol. The van der Waals surface area contributed by atoms with E-state index >= 15 is 0 Å². The van der Waals surface area contributed by atoms with Crippen molar-refractivity contribution in [1.82, 2.24) is 19.3 Å². The van der Waals surface area contributed by atoms with Crippen molar-refractivity contribution in [3.63, 3.8) is 0 Å². The number of sulfonamides is 1. The number of nitrogens with one attached hydrogen (secondary N) is 2. The third-order valence-corrected chi connectivity index (χ3v) is 5.56. The molecule has 0 fully saturated rings. The lowest BCUT2D eigenvalue weighted by atomic mass is 10.2. The first-order valence-corrected chi connectivity index (χ1v) is 9.75. The second-order valence-corrected chi connectivity index (χ2v) is 7.48. The molecule has 0 saturated heterocycles. The maximum Gasteiger partial charge on any atom is 0.246 e. The van der Waals surface area contributed by atoms with Gasteiger partial charge in [0.15, 0.2) is 5.65 Å². The molecule has 0 amide bonds. The molecule has 0 aliphatic rings. The van der Waals surface area contributed by atoms with Gasteiger partial charge in [-0.15, -0.1) is 0 Å². The summed E-state index contributed by atoms with van der Waals surface area (Å²) in [4.78, 5) is 4.30. The summed E-state index contributed by atoms with van der Waals surface area (Å²) in [6, 6.07) is 6.08. The number of hydrogen-bond donors (Lipinski definition) is 2. The molecule has 26 heavy (non-hydrogen) atoms. The van der Waals surface area contributed by atoms with Crippen LogP contribution >= 0.6 is 0 Å². The van der Waals surface area contributed by atoms with E-state index < -0.39 is 10.0 Å². The van der Waals surface area contributed by atoms with E-state index in [-0.39, 0.29) is 22.9 Å². The third-order valence-electron chi connectivity index (χ3n) is 3.93. The first-order chi connectivity index (χ1) is 12.4. The number of aromatic nitrogens is 3. The Morgan fingerprint density at radius 2 is 2.00 bits per heavy atom.